The number of hydrogen-bond donors (Lipinski definition) is 0. The lowest BCUT2D eigenvalue weighted by atomic mass is 9.56. The number of aliphatic imine (C=N–C) groups is 1. The Balaban J connectivity index is 1.75. The summed E-state index contributed by atoms with van der Waals surface area (Å²) in [4.78, 5) is 4.16. The third kappa shape index (κ3) is 3.40. The van der Waals surface area contributed by atoms with Crippen molar-refractivity contribution in [3.63, 3.8) is 0 Å². The number of nitrogens with zero attached hydrogens (tertiary/aromatic N) is 1. The fourth-order valence-corrected chi connectivity index (χ4v) is 7.61. The quantitative estimate of drug-likeness (QED) is 0.413. The second kappa shape index (κ2) is 7.95. The molecule has 1 saturated carbocycles. The normalized spacial score (nSPS) is 26.5. The predicted molar refractivity (Wildman–Crippen MR) is 126 cm³/mol. The number of fused-ring (bicyclic) bond motifs is 1. The van der Waals surface area contributed by atoms with Crippen LogP contribution < -0.4 is 0 Å². The molecular formula is C26H21ClF3NO2S. The fourth-order valence-electron chi connectivity index (χ4n) is 5.29. The number of aryl methyl sites for hydroxylation is 1. The zero-order chi connectivity index (χ0) is 24.3. The van der Waals surface area contributed by atoms with Gasteiger partial charge in [-0.25, -0.2) is 8.42 Å². The molecule has 0 saturated heterocycles. The SMILES string of the molecule is Cc1ccc(S(=O)(=O)C2C(c3ccccc3Cl)=NC3(C(F)(F)F)CC(c4ccccc4)C23)cc1. The van der Waals surface area contributed by atoms with E-state index in [0.717, 1.165) is 5.56 Å². The molecule has 0 amide bonds. The van der Waals surface area contributed by atoms with Crippen LogP contribution >= 0.6 is 11.6 Å². The number of benzene rings is 3. The maximum Gasteiger partial charge on any atom is 0.413 e. The first-order chi connectivity index (χ1) is 16.1. The van der Waals surface area contributed by atoms with Crippen LogP contribution in [0.3, 0.4) is 0 Å². The molecule has 1 aliphatic heterocycles. The van der Waals surface area contributed by atoms with Crippen molar-refractivity contribution in [3.8, 4) is 0 Å². The number of hydrogen-bond acceptors (Lipinski definition) is 3. The number of halogens is 4. The summed E-state index contributed by atoms with van der Waals surface area (Å²) in [5.74, 6) is -1.91. The number of rotatable bonds is 4. The standard InChI is InChI=1S/C26H21ClF3NO2S/c1-16-11-13-18(14-12-16)34(32,33)24-22-20(17-7-3-2-4-8-17)15-25(22,26(28,29)30)31-23(24)19-9-5-6-10-21(19)27/h2-14,20,22,24H,15H2,1H3. The molecule has 0 aromatic heterocycles. The van der Waals surface area contributed by atoms with Crippen LogP contribution in [0.25, 0.3) is 0 Å². The van der Waals surface area contributed by atoms with Crippen LogP contribution in [-0.4, -0.2) is 31.1 Å². The van der Waals surface area contributed by atoms with Crippen molar-refractivity contribution in [2.45, 2.75) is 41.1 Å². The highest BCUT2D eigenvalue weighted by Gasteiger charge is 2.75. The first-order valence-electron chi connectivity index (χ1n) is 10.8. The molecule has 4 unspecified atom stereocenters. The molecule has 3 aromatic carbocycles. The number of sulfone groups is 1. The Morgan fingerprint density at radius 1 is 0.941 bits per heavy atom. The Bertz CT molecular complexity index is 1370. The monoisotopic (exact) mass is 503 g/mol. The second-order valence-electron chi connectivity index (χ2n) is 8.92. The van der Waals surface area contributed by atoms with Gasteiger partial charge >= 0.3 is 6.18 Å². The third-order valence-electron chi connectivity index (χ3n) is 6.98. The summed E-state index contributed by atoms with van der Waals surface area (Å²) in [7, 11) is -4.23. The second-order valence-corrected chi connectivity index (χ2v) is 11.4. The molecular weight excluding hydrogens is 483 g/mol. The summed E-state index contributed by atoms with van der Waals surface area (Å²) in [6.45, 7) is 1.81. The van der Waals surface area contributed by atoms with Crippen molar-refractivity contribution < 1.29 is 21.6 Å². The molecule has 0 spiro atoms. The van der Waals surface area contributed by atoms with Crippen LogP contribution in [0.15, 0.2) is 88.8 Å². The Hall–Kier alpha value is -2.64. The van der Waals surface area contributed by atoms with E-state index >= 15 is 0 Å². The Labute approximate surface area is 201 Å². The van der Waals surface area contributed by atoms with Gasteiger partial charge in [0.2, 0.25) is 0 Å². The highest BCUT2D eigenvalue weighted by molar-refractivity contribution is 7.93. The molecule has 1 aliphatic carbocycles. The van der Waals surface area contributed by atoms with Crippen molar-refractivity contribution in [2.24, 2.45) is 10.9 Å². The van der Waals surface area contributed by atoms with Crippen LogP contribution in [0, 0.1) is 12.8 Å². The van der Waals surface area contributed by atoms with Crippen LogP contribution in [0.4, 0.5) is 13.2 Å². The van der Waals surface area contributed by atoms with E-state index in [-0.39, 0.29) is 27.6 Å². The van der Waals surface area contributed by atoms with Gasteiger partial charge in [0.1, 0.15) is 5.25 Å². The molecule has 0 radical (unpaired) electrons. The smallest absolute Gasteiger partial charge is 0.271 e. The van der Waals surface area contributed by atoms with Gasteiger partial charge in [-0.2, -0.15) is 13.2 Å². The lowest BCUT2D eigenvalue weighted by molar-refractivity contribution is -0.226. The Morgan fingerprint density at radius 2 is 1.56 bits per heavy atom. The summed E-state index contributed by atoms with van der Waals surface area (Å²) < 4.78 is 71.8. The molecule has 1 fully saturated rings. The molecule has 176 valence electrons. The van der Waals surface area contributed by atoms with Crippen LogP contribution in [0.5, 0.6) is 0 Å². The minimum atomic E-state index is -4.72. The maximum absolute atomic E-state index is 14.6. The van der Waals surface area contributed by atoms with Gasteiger partial charge in [0.25, 0.3) is 0 Å². The van der Waals surface area contributed by atoms with Gasteiger partial charge in [-0.1, -0.05) is 77.8 Å². The highest BCUT2D eigenvalue weighted by Crippen LogP contribution is 2.65. The Morgan fingerprint density at radius 3 is 2.18 bits per heavy atom. The zero-order valence-electron chi connectivity index (χ0n) is 18.1. The van der Waals surface area contributed by atoms with E-state index in [0.29, 0.717) is 5.56 Å². The van der Waals surface area contributed by atoms with E-state index in [1.54, 1.807) is 54.6 Å². The van der Waals surface area contributed by atoms with Crippen LogP contribution in [-0.2, 0) is 9.84 Å². The predicted octanol–water partition coefficient (Wildman–Crippen LogP) is 6.40. The summed E-state index contributed by atoms with van der Waals surface area (Å²) in [6, 6.07) is 21.3. The summed E-state index contributed by atoms with van der Waals surface area (Å²) in [6.07, 6.45) is -5.02. The van der Waals surface area contributed by atoms with E-state index in [2.05, 4.69) is 4.99 Å². The van der Waals surface area contributed by atoms with E-state index in [9.17, 15) is 21.6 Å². The first-order valence-corrected chi connectivity index (χ1v) is 12.8. The van der Waals surface area contributed by atoms with Gasteiger partial charge in [0.15, 0.2) is 15.4 Å². The molecule has 4 atom stereocenters. The summed E-state index contributed by atoms with van der Waals surface area (Å²) in [5.41, 5.74) is -0.862. The lowest BCUT2D eigenvalue weighted by Crippen LogP contribution is -2.62. The van der Waals surface area contributed by atoms with Crippen molar-refractivity contribution in [1.29, 1.82) is 0 Å². The molecule has 34 heavy (non-hydrogen) atoms. The average Bonchev–Trinajstić information content (AvgIpc) is 3.05. The van der Waals surface area contributed by atoms with Crippen molar-refractivity contribution in [3.05, 3.63) is 101 Å². The Kier molecular flexibility index (Phi) is 5.41. The van der Waals surface area contributed by atoms with E-state index in [4.69, 9.17) is 11.6 Å². The van der Waals surface area contributed by atoms with Crippen molar-refractivity contribution >= 4 is 27.1 Å². The van der Waals surface area contributed by atoms with Crippen molar-refractivity contribution in [2.75, 3.05) is 0 Å². The van der Waals surface area contributed by atoms with Gasteiger partial charge in [0.05, 0.1) is 10.6 Å². The molecule has 3 aromatic rings. The minimum absolute atomic E-state index is 0.0282. The molecule has 5 rings (SSSR count). The van der Waals surface area contributed by atoms with E-state index in [1.807, 2.05) is 6.92 Å². The molecule has 1 heterocycles. The van der Waals surface area contributed by atoms with E-state index in [1.165, 1.54) is 24.3 Å². The van der Waals surface area contributed by atoms with Gasteiger partial charge in [-0.05, 0) is 43.0 Å². The van der Waals surface area contributed by atoms with Crippen LogP contribution in [0.1, 0.15) is 29.0 Å². The number of alkyl halides is 3. The molecule has 3 nitrogen and oxygen atoms in total. The largest absolute Gasteiger partial charge is 0.413 e. The van der Waals surface area contributed by atoms with Gasteiger partial charge in [-0.15, -0.1) is 0 Å². The lowest BCUT2D eigenvalue weighted by Gasteiger charge is -2.51. The molecule has 0 N–H and O–H groups in total. The fraction of sp³-hybridized carbons (Fsp3) is 0.269. The first kappa shape index (κ1) is 23.1. The van der Waals surface area contributed by atoms with E-state index < -0.39 is 38.6 Å². The zero-order valence-corrected chi connectivity index (χ0v) is 19.7. The van der Waals surface area contributed by atoms with Gasteiger partial charge < -0.3 is 0 Å². The topological polar surface area (TPSA) is 46.5 Å². The van der Waals surface area contributed by atoms with Crippen LogP contribution in [0.2, 0.25) is 5.02 Å². The molecule has 2 aliphatic rings. The molecule has 0 bridgehead atoms. The highest BCUT2D eigenvalue weighted by atomic mass is 35.5. The summed E-state index contributed by atoms with van der Waals surface area (Å²) >= 11 is 6.36. The third-order valence-corrected chi connectivity index (χ3v) is 9.43. The summed E-state index contributed by atoms with van der Waals surface area (Å²) in [5, 5.41) is -1.32. The van der Waals surface area contributed by atoms with Gasteiger partial charge in [-0.3, -0.25) is 4.99 Å². The average molecular weight is 504 g/mol. The maximum atomic E-state index is 14.6. The van der Waals surface area contributed by atoms with Gasteiger partial charge in [0, 0.05) is 16.5 Å². The van der Waals surface area contributed by atoms with Crippen molar-refractivity contribution in [1.82, 2.24) is 0 Å². The molecule has 8 heteroatoms. The minimum Gasteiger partial charge on any atom is -0.271 e.